The maximum atomic E-state index is 5.74. The van der Waals surface area contributed by atoms with Crippen molar-refractivity contribution in [3.05, 3.63) is 0 Å². The molecule has 0 radical (unpaired) electrons. The largest absolute Gasteiger partial charge is 0.393 e. The van der Waals surface area contributed by atoms with Gasteiger partial charge in [-0.2, -0.15) is 0 Å². The Hall–Kier alpha value is -0.190. The second-order valence-electron chi connectivity index (χ2n) is 5.09. The van der Waals surface area contributed by atoms with Crippen molar-refractivity contribution in [3.8, 4) is 0 Å². The summed E-state index contributed by atoms with van der Waals surface area (Å²) in [5, 5.41) is 0. The molecule has 2 fully saturated rings. The first-order valence-corrected chi connectivity index (χ1v) is 6.90. The minimum absolute atomic E-state index is 0.460. The maximum Gasteiger partial charge on any atom is 0.0771 e. The Kier molecular flexibility index (Phi) is 4.55. The number of rotatable bonds is 4. The van der Waals surface area contributed by atoms with Crippen LogP contribution in [0.1, 0.15) is 25.7 Å². The van der Waals surface area contributed by atoms with E-state index in [0.29, 0.717) is 10.9 Å². The minimum Gasteiger partial charge on any atom is -0.393 e. The lowest BCUT2D eigenvalue weighted by atomic mass is 9.98. The second-order valence-corrected chi connectivity index (χ2v) is 5.56. The fraction of sp³-hybridized carbons (Fsp3) is 0.917. The molecule has 0 aromatic heterocycles. The number of nitrogens with zero attached hydrogens (tertiary/aromatic N) is 2. The first-order chi connectivity index (χ1) is 7.75. The van der Waals surface area contributed by atoms with Gasteiger partial charge in [-0.05, 0) is 45.3 Å². The molecule has 2 N–H and O–H groups in total. The molecule has 2 aliphatic heterocycles. The van der Waals surface area contributed by atoms with Crippen LogP contribution in [-0.4, -0.2) is 54.1 Å². The lowest BCUT2D eigenvalue weighted by Gasteiger charge is -2.33. The molecule has 1 unspecified atom stereocenters. The number of likely N-dealkylation sites (tertiary alicyclic amines) is 2. The van der Waals surface area contributed by atoms with Gasteiger partial charge in [0.05, 0.1) is 4.99 Å². The van der Waals surface area contributed by atoms with E-state index in [9.17, 15) is 0 Å². The van der Waals surface area contributed by atoms with Crippen LogP contribution in [0.4, 0.5) is 0 Å². The Morgan fingerprint density at radius 2 is 1.69 bits per heavy atom. The van der Waals surface area contributed by atoms with E-state index in [2.05, 4.69) is 9.80 Å². The highest BCUT2D eigenvalue weighted by molar-refractivity contribution is 7.80. The number of nitrogens with two attached hydrogens (primary N) is 1. The van der Waals surface area contributed by atoms with Crippen LogP contribution in [0.2, 0.25) is 0 Å². The van der Waals surface area contributed by atoms with Gasteiger partial charge in [-0.25, -0.2) is 0 Å². The van der Waals surface area contributed by atoms with E-state index < -0.39 is 0 Å². The topological polar surface area (TPSA) is 32.5 Å². The fourth-order valence-corrected chi connectivity index (χ4v) is 2.97. The van der Waals surface area contributed by atoms with E-state index in [1.807, 2.05) is 0 Å². The number of thiocarbonyl (C=S) groups is 1. The Labute approximate surface area is 104 Å². The summed E-state index contributed by atoms with van der Waals surface area (Å²) in [5.74, 6) is 0.460. The van der Waals surface area contributed by atoms with E-state index in [4.69, 9.17) is 18.0 Å². The molecule has 2 heterocycles. The maximum absolute atomic E-state index is 5.74. The zero-order valence-corrected chi connectivity index (χ0v) is 10.8. The molecule has 16 heavy (non-hydrogen) atoms. The molecule has 0 aromatic carbocycles. The zero-order valence-electron chi connectivity index (χ0n) is 10.0. The van der Waals surface area contributed by atoms with Crippen LogP contribution in [0.15, 0.2) is 0 Å². The van der Waals surface area contributed by atoms with Crippen molar-refractivity contribution in [1.29, 1.82) is 0 Å². The van der Waals surface area contributed by atoms with E-state index in [0.717, 1.165) is 6.54 Å². The molecule has 0 amide bonds. The van der Waals surface area contributed by atoms with Crippen LogP contribution < -0.4 is 5.73 Å². The molecule has 0 aliphatic carbocycles. The molecule has 3 nitrogen and oxygen atoms in total. The Morgan fingerprint density at radius 3 is 2.38 bits per heavy atom. The molecule has 4 heteroatoms. The van der Waals surface area contributed by atoms with Crippen molar-refractivity contribution in [2.75, 3.05) is 39.3 Å². The third kappa shape index (κ3) is 3.40. The van der Waals surface area contributed by atoms with Crippen LogP contribution in [0, 0.1) is 5.92 Å². The van der Waals surface area contributed by atoms with Gasteiger partial charge in [0, 0.05) is 25.6 Å². The summed E-state index contributed by atoms with van der Waals surface area (Å²) < 4.78 is 0. The Bertz CT molecular complexity index is 238. The molecule has 92 valence electrons. The number of piperidine rings is 1. The normalized spacial score (nSPS) is 28.4. The summed E-state index contributed by atoms with van der Waals surface area (Å²) in [6.07, 6.45) is 5.21. The second kappa shape index (κ2) is 5.94. The van der Waals surface area contributed by atoms with Crippen molar-refractivity contribution >= 4 is 17.2 Å². The molecule has 0 saturated carbocycles. The van der Waals surface area contributed by atoms with Gasteiger partial charge in [-0.3, -0.25) is 0 Å². The first kappa shape index (κ1) is 12.3. The monoisotopic (exact) mass is 241 g/mol. The summed E-state index contributed by atoms with van der Waals surface area (Å²) in [5.41, 5.74) is 5.74. The molecule has 0 bridgehead atoms. The van der Waals surface area contributed by atoms with Gasteiger partial charge < -0.3 is 15.5 Å². The van der Waals surface area contributed by atoms with Crippen molar-refractivity contribution < 1.29 is 0 Å². The van der Waals surface area contributed by atoms with Crippen molar-refractivity contribution in [2.24, 2.45) is 11.7 Å². The fourth-order valence-electron chi connectivity index (χ4n) is 2.78. The van der Waals surface area contributed by atoms with Gasteiger partial charge in [-0.15, -0.1) is 0 Å². The Balaban J connectivity index is 1.70. The van der Waals surface area contributed by atoms with Gasteiger partial charge in [0.1, 0.15) is 0 Å². The van der Waals surface area contributed by atoms with Gasteiger partial charge in [0.15, 0.2) is 0 Å². The highest BCUT2D eigenvalue weighted by atomic mass is 32.1. The van der Waals surface area contributed by atoms with E-state index >= 15 is 0 Å². The summed E-state index contributed by atoms with van der Waals surface area (Å²) >= 11 is 5.10. The van der Waals surface area contributed by atoms with Crippen LogP contribution in [0.5, 0.6) is 0 Å². The average molecular weight is 241 g/mol. The smallest absolute Gasteiger partial charge is 0.0771 e. The lowest BCUT2D eigenvalue weighted by Crippen LogP contribution is -2.43. The van der Waals surface area contributed by atoms with E-state index in [1.54, 1.807) is 0 Å². The molecular weight excluding hydrogens is 218 g/mol. The van der Waals surface area contributed by atoms with Crippen molar-refractivity contribution in [2.45, 2.75) is 25.7 Å². The third-order valence-corrected chi connectivity index (χ3v) is 4.17. The highest BCUT2D eigenvalue weighted by Gasteiger charge is 2.22. The van der Waals surface area contributed by atoms with E-state index in [1.165, 1.54) is 58.4 Å². The summed E-state index contributed by atoms with van der Waals surface area (Å²) in [4.78, 5) is 5.82. The molecule has 0 aromatic rings. The molecule has 2 aliphatic rings. The third-order valence-electron chi connectivity index (χ3n) is 3.84. The average Bonchev–Trinajstić information content (AvgIpc) is 2.79. The van der Waals surface area contributed by atoms with Gasteiger partial charge in [0.2, 0.25) is 0 Å². The predicted molar refractivity (Wildman–Crippen MR) is 71.6 cm³/mol. The van der Waals surface area contributed by atoms with Crippen molar-refractivity contribution in [3.63, 3.8) is 0 Å². The number of hydrogen-bond acceptors (Lipinski definition) is 3. The molecule has 1 atom stereocenters. The number of hydrogen-bond donors (Lipinski definition) is 1. The van der Waals surface area contributed by atoms with Gasteiger partial charge >= 0.3 is 0 Å². The molecule has 0 spiro atoms. The predicted octanol–water partition coefficient (Wildman–Crippen LogP) is 1.08. The molecular formula is C12H23N3S. The first-order valence-electron chi connectivity index (χ1n) is 6.50. The van der Waals surface area contributed by atoms with Crippen LogP contribution >= 0.6 is 12.2 Å². The van der Waals surface area contributed by atoms with E-state index in [-0.39, 0.29) is 0 Å². The minimum atomic E-state index is 0.460. The van der Waals surface area contributed by atoms with Crippen molar-refractivity contribution in [1.82, 2.24) is 9.80 Å². The quantitative estimate of drug-likeness (QED) is 0.747. The molecule has 2 rings (SSSR count). The standard InChI is InChI=1S/C12H23N3S/c13-12(16)11-4-3-7-15(10-11)9-8-14-5-1-2-6-14/h11H,1-10H2,(H2,13,16). The summed E-state index contributed by atoms with van der Waals surface area (Å²) in [7, 11) is 0. The van der Waals surface area contributed by atoms with Gasteiger partial charge in [-0.1, -0.05) is 12.2 Å². The molecule has 2 saturated heterocycles. The van der Waals surface area contributed by atoms with Crippen LogP contribution in [0.25, 0.3) is 0 Å². The van der Waals surface area contributed by atoms with Crippen LogP contribution in [-0.2, 0) is 0 Å². The zero-order chi connectivity index (χ0) is 11.4. The van der Waals surface area contributed by atoms with Crippen LogP contribution in [0.3, 0.4) is 0 Å². The summed E-state index contributed by atoms with van der Waals surface area (Å²) in [6.45, 7) is 7.33. The van der Waals surface area contributed by atoms with Gasteiger partial charge in [0.25, 0.3) is 0 Å². The Morgan fingerprint density at radius 1 is 1.06 bits per heavy atom. The SMILES string of the molecule is NC(=S)C1CCCN(CCN2CCCC2)C1. The lowest BCUT2D eigenvalue weighted by molar-refractivity contribution is 0.179. The highest BCUT2D eigenvalue weighted by Crippen LogP contribution is 2.17. The summed E-state index contributed by atoms with van der Waals surface area (Å²) in [6, 6.07) is 0.